The van der Waals surface area contributed by atoms with E-state index in [9.17, 15) is 15.2 Å². The molecule has 1 aromatic heterocycles. The molecule has 13 heteroatoms. The first kappa shape index (κ1) is 35.7. The molecule has 46 heavy (non-hydrogen) atoms. The molecule has 2 heterocycles. The van der Waals surface area contributed by atoms with Gasteiger partial charge in [-0.1, -0.05) is 62.2 Å². The summed E-state index contributed by atoms with van der Waals surface area (Å²) in [6, 6.07) is 10.3. The lowest BCUT2D eigenvalue weighted by molar-refractivity contribution is -0.118. The Hall–Kier alpha value is -3.11. The summed E-state index contributed by atoms with van der Waals surface area (Å²) in [7, 11) is 0. The quantitative estimate of drug-likeness (QED) is 0.209. The number of nitrogens with one attached hydrogen (secondary N) is 2. The molecule has 0 aliphatic carbocycles. The zero-order chi connectivity index (χ0) is 34.0. The molecule has 0 saturated carbocycles. The Labute approximate surface area is 278 Å². The Bertz CT molecular complexity index is 1600. The average molecular weight is 678 g/mol. The maximum atomic E-state index is 15.9. The van der Waals surface area contributed by atoms with Gasteiger partial charge < -0.3 is 26.2 Å². The lowest BCUT2D eigenvalue weighted by atomic mass is 9.62. The largest absolute Gasteiger partial charge is 0.389 e. The highest BCUT2D eigenvalue weighted by Gasteiger charge is 2.61. The Morgan fingerprint density at radius 3 is 2.59 bits per heavy atom. The number of anilines is 1. The van der Waals surface area contributed by atoms with Crippen LogP contribution in [0.25, 0.3) is 0 Å². The summed E-state index contributed by atoms with van der Waals surface area (Å²) in [5, 5.41) is 31.2. The minimum Gasteiger partial charge on any atom is -0.389 e. The first-order valence-corrected chi connectivity index (χ1v) is 15.7. The van der Waals surface area contributed by atoms with E-state index in [0.717, 1.165) is 6.07 Å². The number of aromatic nitrogens is 2. The lowest BCUT2D eigenvalue weighted by Crippen LogP contribution is -2.45. The highest BCUT2D eigenvalue weighted by Crippen LogP contribution is 2.52. The monoisotopic (exact) mass is 676 g/mol. The second-order valence-corrected chi connectivity index (χ2v) is 14.4. The van der Waals surface area contributed by atoms with Gasteiger partial charge in [-0.3, -0.25) is 9.48 Å². The second-order valence-electron chi connectivity index (χ2n) is 13.5. The summed E-state index contributed by atoms with van der Waals surface area (Å²) >= 11 is 12.3. The van der Waals surface area contributed by atoms with Gasteiger partial charge in [0.1, 0.15) is 17.0 Å². The summed E-state index contributed by atoms with van der Waals surface area (Å²) < 4.78 is 39.0. The van der Waals surface area contributed by atoms with Crippen molar-refractivity contribution < 1.29 is 23.4 Å². The molecule has 0 bridgehead atoms. The number of hydrogen-bond donors (Lipinski definition) is 4. The number of halogens is 4. The van der Waals surface area contributed by atoms with Crippen LogP contribution in [0.2, 0.25) is 10.0 Å². The molecule has 5 atom stereocenters. The number of benzene rings is 2. The molecule has 5 unspecified atom stereocenters. The lowest BCUT2D eigenvalue weighted by Gasteiger charge is -2.37. The molecule has 1 aliphatic heterocycles. The molecule has 0 spiro atoms. The first-order chi connectivity index (χ1) is 21.5. The number of nitrogens with two attached hydrogens (primary N) is 1. The van der Waals surface area contributed by atoms with Crippen molar-refractivity contribution in [1.29, 1.82) is 5.26 Å². The van der Waals surface area contributed by atoms with E-state index in [-0.39, 0.29) is 45.6 Å². The third-order valence-corrected chi connectivity index (χ3v) is 8.63. The van der Waals surface area contributed by atoms with Crippen LogP contribution in [-0.4, -0.2) is 57.7 Å². The van der Waals surface area contributed by atoms with Gasteiger partial charge in [0.05, 0.1) is 42.0 Å². The van der Waals surface area contributed by atoms with Gasteiger partial charge >= 0.3 is 0 Å². The van der Waals surface area contributed by atoms with Crippen molar-refractivity contribution in [3.05, 3.63) is 81.5 Å². The van der Waals surface area contributed by atoms with E-state index < -0.39 is 52.7 Å². The number of nitriles is 1. The number of carbonyl (C=O) groups excluding carboxylic acids is 1. The zero-order valence-corrected chi connectivity index (χ0v) is 28.0. The van der Waals surface area contributed by atoms with Crippen LogP contribution < -0.4 is 16.4 Å². The fourth-order valence-corrected chi connectivity index (χ4v) is 6.44. The molecule has 0 radical (unpaired) electrons. The normalized spacial score (nSPS) is 22.4. The third kappa shape index (κ3) is 7.71. The molecule has 3 aromatic rings. The highest BCUT2D eigenvalue weighted by molar-refractivity contribution is 6.31. The smallest absolute Gasteiger partial charge is 0.243 e. The molecule has 248 valence electrons. The minimum atomic E-state index is -1.75. The predicted octanol–water partition coefficient (Wildman–Crippen LogP) is 5.54. The molecule has 1 fully saturated rings. The van der Waals surface area contributed by atoms with E-state index in [1.807, 2.05) is 34.6 Å². The summed E-state index contributed by atoms with van der Waals surface area (Å²) in [6.07, 6.45) is 1.20. The molecular weight excluding hydrogens is 637 g/mol. The highest BCUT2D eigenvalue weighted by atomic mass is 35.5. The molecule has 1 amide bonds. The van der Waals surface area contributed by atoms with Crippen LogP contribution in [0.1, 0.15) is 58.1 Å². The summed E-state index contributed by atoms with van der Waals surface area (Å²) in [4.78, 5) is 14.1. The number of aliphatic hydroxyl groups is 1. The van der Waals surface area contributed by atoms with Crippen molar-refractivity contribution in [2.24, 2.45) is 11.1 Å². The van der Waals surface area contributed by atoms with E-state index >= 15 is 8.78 Å². The van der Waals surface area contributed by atoms with Gasteiger partial charge in [0, 0.05) is 41.4 Å². The molecule has 1 aliphatic rings. The first-order valence-electron chi connectivity index (χ1n) is 14.9. The van der Waals surface area contributed by atoms with Crippen LogP contribution in [0.4, 0.5) is 14.6 Å². The molecule has 1 saturated heterocycles. The minimum absolute atomic E-state index is 0.00319. The number of nitrogens with zero attached hydrogens (tertiary/aromatic N) is 3. The van der Waals surface area contributed by atoms with E-state index in [1.165, 1.54) is 30.3 Å². The van der Waals surface area contributed by atoms with Crippen LogP contribution in [0, 0.1) is 28.4 Å². The van der Waals surface area contributed by atoms with Crippen LogP contribution in [0.15, 0.2) is 48.7 Å². The number of carbonyl (C=O) groups is 1. The van der Waals surface area contributed by atoms with Crippen LogP contribution >= 0.6 is 23.2 Å². The molecule has 4 rings (SSSR count). The Balaban J connectivity index is 1.76. The molecule has 5 N–H and O–H groups in total. The van der Waals surface area contributed by atoms with Crippen molar-refractivity contribution in [3.63, 3.8) is 0 Å². The van der Waals surface area contributed by atoms with Gasteiger partial charge in [0.15, 0.2) is 5.82 Å². The molecule has 2 aromatic carbocycles. The van der Waals surface area contributed by atoms with E-state index in [4.69, 9.17) is 33.7 Å². The number of hydrogen-bond acceptors (Lipinski definition) is 7. The van der Waals surface area contributed by atoms with Gasteiger partial charge in [-0.25, -0.2) is 8.78 Å². The number of ether oxygens (including phenoxy) is 1. The van der Waals surface area contributed by atoms with Crippen molar-refractivity contribution >= 4 is 34.9 Å². The SMILES string of the molecule is CC(C)(C)CC1NC(C(=O)Nc2ccn(CC(C)(C)OCC(O)CN)n2)C(c2cccc(Cl)c2F)C1(C#N)c1ccc(Cl)cc1F. The second kappa shape index (κ2) is 13.9. The van der Waals surface area contributed by atoms with Gasteiger partial charge in [0.25, 0.3) is 0 Å². The van der Waals surface area contributed by atoms with Gasteiger partial charge in [-0.15, -0.1) is 0 Å². The fourth-order valence-electron chi connectivity index (χ4n) is 6.10. The van der Waals surface area contributed by atoms with Crippen LogP contribution in [0.3, 0.4) is 0 Å². The maximum Gasteiger partial charge on any atom is 0.243 e. The number of rotatable bonds is 11. The average Bonchev–Trinajstić information content (AvgIpc) is 3.53. The Kier molecular flexibility index (Phi) is 10.8. The van der Waals surface area contributed by atoms with Gasteiger partial charge in [-0.2, -0.15) is 10.4 Å². The molecule has 9 nitrogen and oxygen atoms in total. The van der Waals surface area contributed by atoms with Gasteiger partial charge in [0.2, 0.25) is 5.91 Å². The van der Waals surface area contributed by atoms with Crippen molar-refractivity contribution in [2.75, 3.05) is 18.5 Å². The number of amides is 1. The van der Waals surface area contributed by atoms with Gasteiger partial charge in [-0.05, 0) is 49.4 Å². The summed E-state index contributed by atoms with van der Waals surface area (Å²) in [5.74, 6) is -3.14. The number of aliphatic hydroxyl groups excluding tert-OH is 1. The fraction of sp³-hybridized carbons (Fsp3) is 0.485. The Morgan fingerprint density at radius 2 is 1.96 bits per heavy atom. The zero-order valence-electron chi connectivity index (χ0n) is 26.5. The van der Waals surface area contributed by atoms with Crippen molar-refractivity contribution in [1.82, 2.24) is 15.1 Å². The summed E-state index contributed by atoms with van der Waals surface area (Å²) in [5.41, 5.74) is 2.61. The van der Waals surface area contributed by atoms with Crippen molar-refractivity contribution in [3.8, 4) is 6.07 Å². The van der Waals surface area contributed by atoms with E-state index in [0.29, 0.717) is 13.0 Å². The van der Waals surface area contributed by atoms with Crippen LogP contribution in [0.5, 0.6) is 0 Å². The molecular formula is C33H40Cl2F2N6O3. The standard InChI is InChI=1S/C33H40Cl2F2N6O3/c1-31(2,3)14-25-33(17-39,22-10-9-19(34)13-24(22)36)27(21-7-6-8-23(35)28(21)37)29(40-25)30(45)41-26-11-12-43(42-26)18-32(4,5)46-16-20(44)15-38/h6-13,20,25,27,29,40,44H,14-16,18,38H2,1-5H3,(H,41,42,45). The maximum absolute atomic E-state index is 15.9. The topological polar surface area (TPSA) is 138 Å². The van der Waals surface area contributed by atoms with E-state index in [1.54, 1.807) is 16.9 Å². The van der Waals surface area contributed by atoms with Crippen molar-refractivity contribution in [2.45, 2.75) is 82.7 Å². The van der Waals surface area contributed by atoms with Crippen LogP contribution in [-0.2, 0) is 21.5 Å². The summed E-state index contributed by atoms with van der Waals surface area (Å²) in [6.45, 7) is 9.96. The van der Waals surface area contributed by atoms with E-state index in [2.05, 4.69) is 21.8 Å². The third-order valence-electron chi connectivity index (χ3n) is 8.10. The Morgan fingerprint density at radius 1 is 1.24 bits per heavy atom. The predicted molar refractivity (Wildman–Crippen MR) is 174 cm³/mol.